The molecule has 0 radical (unpaired) electrons. The first kappa shape index (κ1) is 13.4. The van der Waals surface area contributed by atoms with Crippen LogP contribution < -0.4 is 10.1 Å². The molecule has 0 heterocycles. The van der Waals surface area contributed by atoms with E-state index in [0.29, 0.717) is 6.04 Å². The Kier molecular flexibility index (Phi) is 3.66. The molecule has 2 N–H and O–H groups in total. The number of benzene rings is 1. The summed E-state index contributed by atoms with van der Waals surface area (Å²) in [4.78, 5) is 11.9. The molecule has 1 aromatic rings. The van der Waals surface area contributed by atoms with Gasteiger partial charge in [0.1, 0.15) is 5.75 Å². The largest absolute Gasteiger partial charge is 0.481 e. The summed E-state index contributed by atoms with van der Waals surface area (Å²) in [6.45, 7) is 1.77. The van der Waals surface area contributed by atoms with Gasteiger partial charge in [0.25, 0.3) is 5.91 Å². The van der Waals surface area contributed by atoms with Crippen molar-refractivity contribution in [3.63, 3.8) is 0 Å². The van der Waals surface area contributed by atoms with Gasteiger partial charge < -0.3 is 15.2 Å². The molecule has 3 rings (SSSR count). The number of hydrogen-bond donors (Lipinski definition) is 2. The van der Waals surface area contributed by atoms with E-state index >= 15 is 0 Å². The maximum absolute atomic E-state index is 11.9. The molecule has 0 aliphatic heterocycles. The highest BCUT2D eigenvalue weighted by molar-refractivity contribution is 5.81. The van der Waals surface area contributed by atoms with E-state index in [1.165, 1.54) is 0 Å². The van der Waals surface area contributed by atoms with Crippen molar-refractivity contribution in [3.8, 4) is 5.75 Å². The van der Waals surface area contributed by atoms with Crippen LogP contribution in [0.15, 0.2) is 18.2 Å². The van der Waals surface area contributed by atoms with Crippen LogP contribution in [0.25, 0.3) is 0 Å². The standard InChI is InChI=1S/C16H21NO3/c1-10(16(19)17-11-8-9-11)20-15-7-3-4-12-13(15)5-2-6-14(12)18/h3-4,7,10-11,14,18H,2,5-6,8-9H2,1H3,(H,17,19). The molecule has 0 saturated heterocycles. The summed E-state index contributed by atoms with van der Waals surface area (Å²) >= 11 is 0. The number of carbonyl (C=O) groups is 1. The molecule has 2 atom stereocenters. The molecule has 1 saturated carbocycles. The average Bonchev–Trinajstić information content (AvgIpc) is 3.24. The summed E-state index contributed by atoms with van der Waals surface area (Å²) < 4.78 is 5.83. The van der Waals surface area contributed by atoms with Gasteiger partial charge in [0.05, 0.1) is 6.10 Å². The molecule has 1 amide bonds. The van der Waals surface area contributed by atoms with Crippen molar-refractivity contribution in [1.82, 2.24) is 5.32 Å². The predicted molar refractivity (Wildman–Crippen MR) is 75.6 cm³/mol. The van der Waals surface area contributed by atoms with E-state index in [9.17, 15) is 9.90 Å². The molecule has 20 heavy (non-hydrogen) atoms. The SMILES string of the molecule is CC(Oc1cccc2c1CCCC2O)C(=O)NC1CC1. The number of nitrogens with one attached hydrogen (secondary N) is 1. The van der Waals surface area contributed by atoms with E-state index in [-0.39, 0.29) is 5.91 Å². The molecule has 1 aromatic carbocycles. The van der Waals surface area contributed by atoms with Crippen LogP contribution in [0.3, 0.4) is 0 Å². The van der Waals surface area contributed by atoms with Crippen LogP contribution in [0.5, 0.6) is 5.75 Å². The van der Waals surface area contributed by atoms with Crippen LogP contribution >= 0.6 is 0 Å². The zero-order valence-corrected chi connectivity index (χ0v) is 11.8. The quantitative estimate of drug-likeness (QED) is 0.884. The Hall–Kier alpha value is -1.55. The van der Waals surface area contributed by atoms with E-state index in [4.69, 9.17) is 4.74 Å². The van der Waals surface area contributed by atoms with Crippen molar-refractivity contribution < 1.29 is 14.6 Å². The highest BCUT2D eigenvalue weighted by atomic mass is 16.5. The van der Waals surface area contributed by atoms with Crippen LogP contribution in [-0.2, 0) is 11.2 Å². The Labute approximate surface area is 119 Å². The second kappa shape index (κ2) is 5.44. The molecule has 2 unspecified atom stereocenters. The molecule has 108 valence electrons. The van der Waals surface area contributed by atoms with Crippen LogP contribution in [-0.4, -0.2) is 23.2 Å². The van der Waals surface area contributed by atoms with E-state index in [2.05, 4.69) is 5.32 Å². The maximum Gasteiger partial charge on any atom is 0.260 e. The van der Waals surface area contributed by atoms with Crippen LogP contribution in [0.2, 0.25) is 0 Å². The topological polar surface area (TPSA) is 58.6 Å². The van der Waals surface area contributed by atoms with Gasteiger partial charge in [-0.2, -0.15) is 0 Å². The zero-order chi connectivity index (χ0) is 14.1. The fourth-order valence-corrected chi connectivity index (χ4v) is 2.69. The smallest absolute Gasteiger partial charge is 0.260 e. The third kappa shape index (κ3) is 2.80. The monoisotopic (exact) mass is 275 g/mol. The summed E-state index contributed by atoms with van der Waals surface area (Å²) in [5, 5.41) is 13.0. The van der Waals surface area contributed by atoms with Crippen molar-refractivity contribution >= 4 is 5.91 Å². The molecule has 0 bridgehead atoms. The molecule has 2 aliphatic rings. The van der Waals surface area contributed by atoms with Crippen molar-refractivity contribution in [2.45, 2.75) is 57.3 Å². The van der Waals surface area contributed by atoms with Crippen molar-refractivity contribution in [3.05, 3.63) is 29.3 Å². The number of fused-ring (bicyclic) bond motifs is 1. The summed E-state index contributed by atoms with van der Waals surface area (Å²) in [5.41, 5.74) is 2.00. The van der Waals surface area contributed by atoms with Gasteiger partial charge >= 0.3 is 0 Å². The number of rotatable bonds is 4. The lowest BCUT2D eigenvalue weighted by molar-refractivity contribution is -0.127. The minimum atomic E-state index is -0.499. The summed E-state index contributed by atoms with van der Waals surface area (Å²) in [6, 6.07) is 6.06. The van der Waals surface area contributed by atoms with Gasteiger partial charge in [-0.1, -0.05) is 12.1 Å². The first-order chi connectivity index (χ1) is 9.65. The molecular formula is C16H21NO3. The molecule has 0 spiro atoms. The maximum atomic E-state index is 11.9. The fourth-order valence-electron chi connectivity index (χ4n) is 2.69. The number of aliphatic hydroxyl groups excluding tert-OH is 1. The van der Waals surface area contributed by atoms with E-state index < -0.39 is 12.2 Å². The van der Waals surface area contributed by atoms with Crippen molar-refractivity contribution in [2.24, 2.45) is 0 Å². The molecule has 1 fully saturated rings. The lowest BCUT2D eigenvalue weighted by Crippen LogP contribution is -2.37. The van der Waals surface area contributed by atoms with E-state index in [0.717, 1.165) is 49.0 Å². The average molecular weight is 275 g/mol. The lowest BCUT2D eigenvalue weighted by atomic mass is 9.89. The first-order valence-corrected chi connectivity index (χ1v) is 7.42. The number of carbonyl (C=O) groups excluding carboxylic acids is 1. The second-order valence-corrected chi connectivity index (χ2v) is 5.77. The minimum absolute atomic E-state index is 0.0542. The van der Waals surface area contributed by atoms with Gasteiger partial charge in [-0.05, 0) is 56.2 Å². The van der Waals surface area contributed by atoms with E-state index in [1.54, 1.807) is 6.92 Å². The van der Waals surface area contributed by atoms with Gasteiger partial charge in [-0.25, -0.2) is 0 Å². The minimum Gasteiger partial charge on any atom is -0.481 e. The van der Waals surface area contributed by atoms with Gasteiger partial charge in [0.15, 0.2) is 6.10 Å². The number of hydrogen-bond acceptors (Lipinski definition) is 3. The molecule has 4 heteroatoms. The Balaban J connectivity index is 1.73. The summed E-state index contributed by atoms with van der Waals surface area (Å²) in [5.74, 6) is 0.682. The fraction of sp³-hybridized carbons (Fsp3) is 0.562. The third-order valence-corrected chi connectivity index (χ3v) is 4.03. The molecular weight excluding hydrogens is 254 g/mol. The van der Waals surface area contributed by atoms with Crippen LogP contribution in [0.1, 0.15) is 49.8 Å². The highest BCUT2D eigenvalue weighted by Crippen LogP contribution is 2.35. The van der Waals surface area contributed by atoms with Gasteiger partial charge in [0, 0.05) is 6.04 Å². The number of amides is 1. The van der Waals surface area contributed by atoms with Crippen molar-refractivity contribution in [2.75, 3.05) is 0 Å². The van der Waals surface area contributed by atoms with E-state index in [1.807, 2.05) is 18.2 Å². The van der Waals surface area contributed by atoms with Gasteiger partial charge in [-0.3, -0.25) is 4.79 Å². The molecule has 0 aromatic heterocycles. The summed E-state index contributed by atoms with van der Waals surface area (Å²) in [7, 11) is 0. The predicted octanol–water partition coefficient (Wildman–Crippen LogP) is 2.10. The van der Waals surface area contributed by atoms with Gasteiger partial charge in [0.2, 0.25) is 0 Å². The Bertz CT molecular complexity index is 510. The second-order valence-electron chi connectivity index (χ2n) is 5.77. The van der Waals surface area contributed by atoms with Crippen molar-refractivity contribution in [1.29, 1.82) is 0 Å². The Morgan fingerprint density at radius 2 is 2.20 bits per heavy atom. The Morgan fingerprint density at radius 1 is 1.40 bits per heavy atom. The van der Waals surface area contributed by atoms with Crippen LogP contribution in [0.4, 0.5) is 0 Å². The molecule has 4 nitrogen and oxygen atoms in total. The zero-order valence-electron chi connectivity index (χ0n) is 11.8. The third-order valence-electron chi connectivity index (χ3n) is 4.03. The summed E-state index contributed by atoms with van der Waals surface area (Å²) in [6.07, 6.45) is 3.90. The number of ether oxygens (including phenoxy) is 1. The highest BCUT2D eigenvalue weighted by Gasteiger charge is 2.27. The van der Waals surface area contributed by atoms with Gasteiger partial charge in [-0.15, -0.1) is 0 Å². The number of aliphatic hydroxyl groups is 1. The molecule has 2 aliphatic carbocycles. The first-order valence-electron chi connectivity index (χ1n) is 7.42. The normalized spacial score (nSPS) is 22.8. The van der Waals surface area contributed by atoms with Crippen LogP contribution in [0, 0.1) is 0 Å². The Morgan fingerprint density at radius 3 is 2.95 bits per heavy atom. The lowest BCUT2D eigenvalue weighted by Gasteiger charge is -2.25.